The molecule has 0 aromatic heterocycles. The third-order valence-corrected chi connectivity index (χ3v) is 2.48. The van der Waals surface area contributed by atoms with Crippen LogP contribution < -0.4 is 11.1 Å². The molecule has 1 aromatic rings. The molecule has 0 heterocycles. The minimum absolute atomic E-state index is 0.141. The number of nitrogen functional groups attached to an aromatic ring is 1. The summed E-state index contributed by atoms with van der Waals surface area (Å²) in [6.45, 7) is 0.884. The third kappa shape index (κ3) is 3.90. The molecule has 0 radical (unpaired) electrons. The van der Waals surface area contributed by atoms with E-state index in [-0.39, 0.29) is 11.7 Å². The first-order valence-corrected chi connectivity index (χ1v) is 5.47. The number of hydrogen-bond donors (Lipinski definition) is 3. The number of hydrogen-bond acceptors (Lipinski definition) is 5. The average Bonchev–Trinajstić information content (AvgIpc) is 2.35. The molecule has 1 rings (SSSR count). The number of carboxylic acid groups (broad SMARTS) is 1. The van der Waals surface area contributed by atoms with Crippen LogP contribution in [0.1, 0.15) is 10.4 Å². The van der Waals surface area contributed by atoms with Gasteiger partial charge in [0, 0.05) is 32.1 Å². The van der Waals surface area contributed by atoms with Crippen molar-refractivity contribution in [2.24, 2.45) is 0 Å². The molecule has 6 nitrogen and oxygen atoms in total. The second-order valence-electron chi connectivity index (χ2n) is 3.80. The third-order valence-electron chi connectivity index (χ3n) is 2.48. The molecule has 100 valence electrons. The highest BCUT2D eigenvalue weighted by atomic mass is 16.5. The van der Waals surface area contributed by atoms with Crippen LogP contribution in [0.5, 0.6) is 0 Å². The molecule has 1 aromatic carbocycles. The SMILES string of the molecule is COCC(CNc1ccc(N)cc1C(=O)O)OC. The van der Waals surface area contributed by atoms with Crippen LogP contribution in [-0.2, 0) is 9.47 Å². The normalized spacial score (nSPS) is 12.1. The van der Waals surface area contributed by atoms with Crippen LogP contribution in [-0.4, -0.2) is 44.6 Å². The first-order valence-electron chi connectivity index (χ1n) is 5.47. The Kier molecular flexibility index (Phi) is 5.41. The number of methoxy groups -OCH3 is 2. The Bertz CT molecular complexity index is 409. The zero-order valence-electron chi connectivity index (χ0n) is 10.5. The summed E-state index contributed by atoms with van der Waals surface area (Å²) < 4.78 is 10.2. The lowest BCUT2D eigenvalue weighted by molar-refractivity contribution is 0.0365. The van der Waals surface area contributed by atoms with Crippen molar-refractivity contribution in [3.63, 3.8) is 0 Å². The van der Waals surface area contributed by atoms with Crippen molar-refractivity contribution < 1.29 is 19.4 Å². The first-order chi connectivity index (χ1) is 8.58. The highest BCUT2D eigenvalue weighted by molar-refractivity contribution is 5.95. The van der Waals surface area contributed by atoms with E-state index < -0.39 is 5.97 Å². The van der Waals surface area contributed by atoms with E-state index in [0.717, 1.165) is 0 Å². The molecule has 4 N–H and O–H groups in total. The summed E-state index contributed by atoms with van der Waals surface area (Å²) in [7, 11) is 3.16. The predicted octanol–water partition coefficient (Wildman–Crippen LogP) is 1.04. The van der Waals surface area contributed by atoms with Crippen molar-refractivity contribution in [3.8, 4) is 0 Å². The van der Waals surface area contributed by atoms with Gasteiger partial charge in [-0.25, -0.2) is 4.79 Å². The van der Waals surface area contributed by atoms with Crippen LogP contribution in [0.25, 0.3) is 0 Å². The highest BCUT2D eigenvalue weighted by Gasteiger charge is 2.12. The van der Waals surface area contributed by atoms with Crippen LogP contribution in [0.3, 0.4) is 0 Å². The lowest BCUT2D eigenvalue weighted by Crippen LogP contribution is -2.27. The monoisotopic (exact) mass is 254 g/mol. The molecule has 18 heavy (non-hydrogen) atoms. The molecular formula is C12H18N2O4. The Morgan fingerprint density at radius 1 is 1.50 bits per heavy atom. The first kappa shape index (κ1) is 14.3. The fourth-order valence-electron chi connectivity index (χ4n) is 1.51. The van der Waals surface area contributed by atoms with Crippen molar-refractivity contribution in [3.05, 3.63) is 23.8 Å². The van der Waals surface area contributed by atoms with Gasteiger partial charge in [0.15, 0.2) is 0 Å². The van der Waals surface area contributed by atoms with Gasteiger partial charge in [0.1, 0.15) is 0 Å². The average molecular weight is 254 g/mol. The van der Waals surface area contributed by atoms with Crippen LogP contribution in [0.2, 0.25) is 0 Å². The number of nitrogens with two attached hydrogens (primary N) is 1. The van der Waals surface area contributed by atoms with E-state index in [9.17, 15) is 4.79 Å². The fourth-order valence-corrected chi connectivity index (χ4v) is 1.51. The largest absolute Gasteiger partial charge is 0.478 e. The maximum absolute atomic E-state index is 11.1. The smallest absolute Gasteiger partial charge is 0.337 e. The van der Waals surface area contributed by atoms with Crippen LogP contribution in [0.4, 0.5) is 11.4 Å². The minimum Gasteiger partial charge on any atom is -0.478 e. The topological polar surface area (TPSA) is 93.8 Å². The molecule has 0 spiro atoms. The molecule has 0 fully saturated rings. The van der Waals surface area contributed by atoms with Crippen molar-refractivity contribution >= 4 is 17.3 Å². The van der Waals surface area contributed by atoms with Crippen molar-refractivity contribution in [1.82, 2.24) is 0 Å². The maximum Gasteiger partial charge on any atom is 0.337 e. The lowest BCUT2D eigenvalue weighted by Gasteiger charge is -2.17. The van der Waals surface area contributed by atoms with E-state index in [1.54, 1.807) is 26.4 Å². The number of nitrogens with one attached hydrogen (secondary N) is 1. The van der Waals surface area contributed by atoms with Gasteiger partial charge in [-0.3, -0.25) is 0 Å². The van der Waals surface area contributed by atoms with Crippen molar-refractivity contribution in [2.45, 2.75) is 6.10 Å². The van der Waals surface area contributed by atoms with Gasteiger partial charge in [-0.1, -0.05) is 0 Å². The van der Waals surface area contributed by atoms with E-state index in [1.165, 1.54) is 6.07 Å². The van der Waals surface area contributed by atoms with E-state index in [4.69, 9.17) is 20.3 Å². The van der Waals surface area contributed by atoms with Crippen molar-refractivity contribution in [2.75, 3.05) is 38.4 Å². The number of aromatic carboxylic acids is 1. The second kappa shape index (κ2) is 6.83. The quantitative estimate of drug-likeness (QED) is 0.629. The van der Waals surface area contributed by atoms with Gasteiger partial charge < -0.3 is 25.6 Å². The number of anilines is 2. The standard InChI is InChI=1S/C12H18N2O4/c1-17-7-9(18-2)6-14-11-4-3-8(13)5-10(11)12(15)16/h3-5,9,14H,6-7,13H2,1-2H3,(H,15,16). The van der Waals surface area contributed by atoms with E-state index in [0.29, 0.717) is 24.5 Å². The predicted molar refractivity (Wildman–Crippen MR) is 69.0 cm³/mol. The second-order valence-corrected chi connectivity index (χ2v) is 3.80. The summed E-state index contributed by atoms with van der Waals surface area (Å²) in [4.78, 5) is 11.1. The molecule has 0 aliphatic carbocycles. The summed E-state index contributed by atoms with van der Waals surface area (Å²) >= 11 is 0. The van der Waals surface area contributed by atoms with Crippen molar-refractivity contribution in [1.29, 1.82) is 0 Å². The van der Waals surface area contributed by atoms with Gasteiger partial charge in [0.05, 0.1) is 18.3 Å². The molecule has 1 unspecified atom stereocenters. The molecular weight excluding hydrogens is 236 g/mol. The lowest BCUT2D eigenvalue weighted by atomic mass is 10.1. The summed E-state index contributed by atoms with van der Waals surface area (Å²) in [5, 5.41) is 12.1. The molecule has 0 bridgehead atoms. The van der Waals surface area contributed by atoms with Gasteiger partial charge in [-0.05, 0) is 18.2 Å². The van der Waals surface area contributed by atoms with E-state index in [1.807, 2.05) is 0 Å². The molecule has 0 saturated carbocycles. The highest BCUT2D eigenvalue weighted by Crippen LogP contribution is 2.19. The molecule has 0 aliphatic heterocycles. The number of benzene rings is 1. The number of carbonyl (C=O) groups is 1. The molecule has 0 amide bonds. The minimum atomic E-state index is -1.02. The fraction of sp³-hybridized carbons (Fsp3) is 0.417. The Hall–Kier alpha value is -1.79. The van der Waals surface area contributed by atoms with Gasteiger partial charge in [0.2, 0.25) is 0 Å². The molecule has 1 atom stereocenters. The van der Waals surface area contributed by atoms with Crippen LogP contribution >= 0.6 is 0 Å². The summed E-state index contributed by atoms with van der Waals surface area (Å²) in [6, 6.07) is 4.70. The van der Waals surface area contributed by atoms with Gasteiger partial charge in [-0.15, -0.1) is 0 Å². The van der Waals surface area contributed by atoms with Crippen LogP contribution in [0, 0.1) is 0 Å². The van der Waals surface area contributed by atoms with E-state index >= 15 is 0 Å². The van der Waals surface area contributed by atoms with E-state index in [2.05, 4.69) is 5.32 Å². The molecule has 0 saturated heterocycles. The molecule has 0 aliphatic rings. The van der Waals surface area contributed by atoms with Gasteiger partial charge in [0.25, 0.3) is 0 Å². The maximum atomic E-state index is 11.1. The number of ether oxygens (including phenoxy) is 2. The Morgan fingerprint density at radius 3 is 2.78 bits per heavy atom. The summed E-state index contributed by atoms with van der Waals surface area (Å²) in [6.07, 6.45) is -0.144. The zero-order chi connectivity index (χ0) is 13.5. The Balaban J connectivity index is 2.74. The summed E-state index contributed by atoms with van der Waals surface area (Å²) in [5.41, 5.74) is 6.62. The Morgan fingerprint density at radius 2 is 2.22 bits per heavy atom. The zero-order valence-corrected chi connectivity index (χ0v) is 10.5. The van der Waals surface area contributed by atoms with Crippen LogP contribution in [0.15, 0.2) is 18.2 Å². The van der Waals surface area contributed by atoms with Gasteiger partial charge >= 0.3 is 5.97 Å². The number of rotatable bonds is 7. The number of carboxylic acids is 1. The molecule has 6 heteroatoms. The Labute approximate surface area is 106 Å². The van der Waals surface area contributed by atoms with Gasteiger partial charge in [-0.2, -0.15) is 0 Å². The summed E-state index contributed by atoms with van der Waals surface area (Å²) in [5.74, 6) is -1.02.